The molecule has 1 heterocycles. The van der Waals surface area contributed by atoms with Gasteiger partial charge in [0.25, 0.3) is 0 Å². The van der Waals surface area contributed by atoms with E-state index in [1.165, 1.54) is 6.20 Å². The van der Waals surface area contributed by atoms with E-state index in [9.17, 15) is 9.59 Å². The van der Waals surface area contributed by atoms with Crippen LogP contribution in [-0.4, -0.2) is 28.7 Å². The Kier molecular flexibility index (Phi) is 6.29. The van der Waals surface area contributed by atoms with Crippen LogP contribution in [-0.2, 0) is 16.1 Å². The lowest BCUT2D eigenvalue weighted by molar-refractivity contribution is -0.135. The Labute approximate surface area is 168 Å². The van der Waals surface area contributed by atoms with Crippen LogP contribution in [0.5, 0.6) is 0 Å². The molecule has 0 fully saturated rings. The van der Waals surface area contributed by atoms with Crippen LogP contribution in [0.25, 0.3) is 11.1 Å². The number of carbonyl (C=O) groups excluding carboxylic acids is 1. The molecule has 3 rings (SSSR count). The molecule has 2 aromatic carbocycles. The molecule has 1 amide bonds. The molecule has 0 unspecified atom stereocenters. The second-order valence-electron chi connectivity index (χ2n) is 6.76. The SMILES string of the molecule is CC(C)c1cnc(N(CC(=O)O)C(=O)OCc2ccccc2-c2ccccc2)o1. The number of nitrogens with zero attached hydrogens (tertiary/aromatic N) is 2. The highest BCUT2D eigenvalue weighted by Gasteiger charge is 2.25. The summed E-state index contributed by atoms with van der Waals surface area (Å²) in [5.41, 5.74) is 2.73. The number of anilines is 1. The lowest BCUT2D eigenvalue weighted by atomic mass is 10.0. The van der Waals surface area contributed by atoms with E-state index < -0.39 is 18.6 Å². The van der Waals surface area contributed by atoms with Gasteiger partial charge >= 0.3 is 18.1 Å². The maximum Gasteiger partial charge on any atom is 0.418 e. The largest absolute Gasteiger partial charge is 0.480 e. The topological polar surface area (TPSA) is 92.9 Å². The van der Waals surface area contributed by atoms with Gasteiger partial charge in [0, 0.05) is 5.92 Å². The fraction of sp³-hybridized carbons (Fsp3) is 0.227. The minimum atomic E-state index is -1.20. The summed E-state index contributed by atoms with van der Waals surface area (Å²) in [7, 11) is 0. The molecule has 7 heteroatoms. The first-order valence-electron chi connectivity index (χ1n) is 9.21. The van der Waals surface area contributed by atoms with E-state index in [0.717, 1.165) is 21.6 Å². The molecule has 0 spiro atoms. The fourth-order valence-corrected chi connectivity index (χ4v) is 2.78. The average Bonchev–Trinajstić information content (AvgIpc) is 3.21. The third kappa shape index (κ3) is 5.01. The number of aromatic nitrogens is 1. The van der Waals surface area contributed by atoms with Crippen LogP contribution in [0.2, 0.25) is 0 Å². The van der Waals surface area contributed by atoms with Crippen molar-refractivity contribution in [1.29, 1.82) is 0 Å². The zero-order chi connectivity index (χ0) is 20.8. The summed E-state index contributed by atoms with van der Waals surface area (Å²) in [6.07, 6.45) is 0.639. The van der Waals surface area contributed by atoms with Gasteiger partial charge in [-0.2, -0.15) is 0 Å². The number of oxazole rings is 1. The summed E-state index contributed by atoms with van der Waals surface area (Å²) < 4.78 is 10.9. The minimum Gasteiger partial charge on any atom is -0.480 e. The van der Waals surface area contributed by atoms with Gasteiger partial charge in [-0.3, -0.25) is 4.79 Å². The van der Waals surface area contributed by atoms with Crippen LogP contribution in [0.15, 0.2) is 65.2 Å². The fourth-order valence-electron chi connectivity index (χ4n) is 2.78. The van der Waals surface area contributed by atoms with Crippen molar-refractivity contribution in [2.24, 2.45) is 0 Å². The molecular weight excluding hydrogens is 372 g/mol. The van der Waals surface area contributed by atoms with Crippen LogP contribution in [0, 0.1) is 0 Å². The Morgan fingerprint density at radius 1 is 1.10 bits per heavy atom. The van der Waals surface area contributed by atoms with Gasteiger partial charge in [0.15, 0.2) is 0 Å². The van der Waals surface area contributed by atoms with Crippen molar-refractivity contribution >= 4 is 18.1 Å². The molecule has 1 aromatic heterocycles. The molecule has 0 radical (unpaired) electrons. The van der Waals surface area contributed by atoms with Crippen molar-refractivity contribution in [3.63, 3.8) is 0 Å². The predicted octanol–water partition coefficient (Wildman–Crippen LogP) is 4.69. The maximum atomic E-state index is 12.6. The smallest absolute Gasteiger partial charge is 0.418 e. The van der Waals surface area contributed by atoms with E-state index in [0.29, 0.717) is 5.76 Å². The Balaban J connectivity index is 1.78. The second-order valence-corrected chi connectivity index (χ2v) is 6.76. The number of carboxylic acid groups (broad SMARTS) is 1. The summed E-state index contributed by atoms with van der Waals surface area (Å²) in [5, 5.41) is 9.17. The standard InChI is InChI=1S/C22H22N2O5/c1-15(2)19-12-23-21(29-19)24(13-20(25)26)22(27)28-14-17-10-6-7-11-18(17)16-8-4-3-5-9-16/h3-12,15H,13-14H2,1-2H3,(H,25,26). The number of rotatable bonds is 7. The van der Waals surface area contributed by atoms with Crippen LogP contribution in [0.3, 0.4) is 0 Å². The minimum absolute atomic E-state index is 0.0161. The zero-order valence-electron chi connectivity index (χ0n) is 16.2. The van der Waals surface area contributed by atoms with Crippen molar-refractivity contribution < 1.29 is 23.8 Å². The van der Waals surface area contributed by atoms with Gasteiger partial charge in [-0.1, -0.05) is 68.4 Å². The Hall–Kier alpha value is -3.61. The van der Waals surface area contributed by atoms with E-state index in [-0.39, 0.29) is 18.5 Å². The molecule has 7 nitrogen and oxygen atoms in total. The number of hydrogen-bond acceptors (Lipinski definition) is 5. The van der Waals surface area contributed by atoms with Gasteiger partial charge in [0.1, 0.15) is 18.9 Å². The van der Waals surface area contributed by atoms with Crippen molar-refractivity contribution in [3.05, 3.63) is 72.1 Å². The molecule has 0 atom stereocenters. The Bertz CT molecular complexity index is 982. The Morgan fingerprint density at radius 3 is 2.45 bits per heavy atom. The highest BCUT2D eigenvalue weighted by Crippen LogP contribution is 2.25. The first-order chi connectivity index (χ1) is 14.0. The molecule has 1 N–H and O–H groups in total. The lowest BCUT2D eigenvalue weighted by Gasteiger charge is -2.17. The molecule has 0 bridgehead atoms. The highest BCUT2D eigenvalue weighted by molar-refractivity contribution is 5.90. The molecule has 0 aliphatic carbocycles. The molecule has 0 saturated carbocycles. The average molecular weight is 394 g/mol. The predicted molar refractivity (Wildman–Crippen MR) is 108 cm³/mol. The summed E-state index contributed by atoms with van der Waals surface area (Å²) in [5.74, 6) is -0.592. The first-order valence-corrected chi connectivity index (χ1v) is 9.21. The third-order valence-corrected chi connectivity index (χ3v) is 4.28. The van der Waals surface area contributed by atoms with Gasteiger partial charge in [0.05, 0.1) is 6.20 Å². The monoisotopic (exact) mass is 394 g/mol. The van der Waals surface area contributed by atoms with Gasteiger partial charge in [-0.15, -0.1) is 0 Å². The number of carboxylic acids is 1. The number of hydrogen-bond donors (Lipinski definition) is 1. The molecule has 0 saturated heterocycles. The summed E-state index contributed by atoms with van der Waals surface area (Å²) >= 11 is 0. The van der Waals surface area contributed by atoms with Crippen LogP contribution >= 0.6 is 0 Å². The number of aliphatic carboxylic acids is 1. The van der Waals surface area contributed by atoms with Crippen LogP contribution in [0.4, 0.5) is 10.8 Å². The molecule has 3 aromatic rings. The second kappa shape index (κ2) is 9.05. The molecular formula is C22H22N2O5. The molecule has 29 heavy (non-hydrogen) atoms. The number of amides is 1. The lowest BCUT2D eigenvalue weighted by Crippen LogP contribution is -2.36. The molecule has 0 aliphatic rings. The molecule has 0 aliphatic heterocycles. The van der Waals surface area contributed by atoms with E-state index in [4.69, 9.17) is 14.3 Å². The Morgan fingerprint density at radius 2 is 1.79 bits per heavy atom. The van der Waals surface area contributed by atoms with Crippen molar-refractivity contribution in [2.45, 2.75) is 26.4 Å². The highest BCUT2D eigenvalue weighted by atomic mass is 16.6. The number of carbonyl (C=O) groups is 2. The maximum absolute atomic E-state index is 12.6. The van der Waals surface area contributed by atoms with Gasteiger partial charge < -0.3 is 14.3 Å². The number of benzene rings is 2. The van der Waals surface area contributed by atoms with E-state index in [2.05, 4.69) is 4.98 Å². The quantitative estimate of drug-likeness (QED) is 0.625. The van der Waals surface area contributed by atoms with Crippen molar-refractivity contribution in [2.75, 3.05) is 11.4 Å². The van der Waals surface area contributed by atoms with Crippen LogP contribution in [0.1, 0.15) is 31.1 Å². The van der Waals surface area contributed by atoms with Crippen LogP contribution < -0.4 is 4.90 Å². The third-order valence-electron chi connectivity index (χ3n) is 4.28. The molecule has 150 valence electrons. The summed E-state index contributed by atoms with van der Waals surface area (Å²) in [6.45, 7) is 3.18. The summed E-state index contributed by atoms with van der Waals surface area (Å²) in [4.78, 5) is 28.7. The summed E-state index contributed by atoms with van der Waals surface area (Å²) in [6, 6.07) is 17.2. The normalized spacial score (nSPS) is 10.7. The van der Waals surface area contributed by atoms with Gasteiger partial charge in [-0.05, 0) is 16.7 Å². The van der Waals surface area contributed by atoms with Crippen molar-refractivity contribution in [1.82, 2.24) is 4.98 Å². The van der Waals surface area contributed by atoms with E-state index in [1.807, 2.05) is 68.4 Å². The van der Waals surface area contributed by atoms with E-state index >= 15 is 0 Å². The van der Waals surface area contributed by atoms with E-state index in [1.54, 1.807) is 0 Å². The zero-order valence-corrected chi connectivity index (χ0v) is 16.2. The van der Waals surface area contributed by atoms with Gasteiger partial charge in [-0.25, -0.2) is 14.7 Å². The number of ether oxygens (including phenoxy) is 1. The first kappa shape index (κ1) is 20.1. The van der Waals surface area contributed by atoms with Gasteiger partial charge in [0.2, 0.25) is 0 Å². The van der Waals surface area contributed by atoms with Crippen molar-refractivity contribution in [3.8, 4) is 11.1 Å².